The average Bonchev–Trinajstić information content (AvgIpc) is 3.26. The molecule has 2 aromatic heterocycles. The van der Waals surface area contributed by atoms with Crippen LogP contribution in [0.2, 0.25) is 0 Å². The van der Waals surface area contributed by atoms with Crippen LogP contribution in [0.3, 0.4) is 0 Å². The summed E-state index contributed by atoms with van der Waals surface area (Å²) in [7, 11) is 1.61. The smallest absolute Gasteiger partial charge is 0.270 e. The molecule has 0 bridgehead atoms. The van der Waals surface area contributed by atoms with Crippen LogP contribution in [0.4, 0.5) is 0 Å². The lowest BCUT2D eigenvalue weighted by molar-refractivity contribution is -0.131. The van der Waals surface area contributed by atoms with Crippen LogP contribution in [0, 0.1) is 0 Å². The van der Waals surface area contributed by atoms with E-state index in [1.54, 1.807) is 29.7 Å². The molecular formula is C17H17N3O2S2. The van der Waals surface area contributed by atoms with E-state index in [0.717, 1.165) is 6.42 Å². The third-order valence-corrected chi connectivity index (χ3v) is 6.41. The Kier molecular flexibility index (Phi) is 3.97. The molecular weight excluding hydrogens is 342 g/mol. The van der Waals surface area contributed by atoms with Crippen molar-refractivity contribution in [3.63, 3.8) is 0 Å². The van der Waals surface area contributed by atoms with Crippen molar-refractivity contribution in [3.8, 4) is 0 Å². The zero-order chi connectivity index (χ0) is 16.7. The van der Waals surface area contributed by atoms with Gasteiger partial charge < -0.3 is 4.90 Å². The molecule has 0 fully saturated rings. The Morgan fingerprint density at radius 2 is 2.08 bits per heavy atom. The third-order valence-electron chi connectivity index (χ3n) is 4.49. The zero-order valence-corrected chi connectivity index (χ0v) is 14.9. The Bertz CT molecular complexity index is 810. The molecule has 5 nitrogen and oxygen atoms in total. The highest BCUT2D eigenvalue weighted by atomic mass is 32.1. The van der Waals surface area contributed by atoms with Crippen LogP contribution in [0.1, 0.15) is 34.2 Å². The number of rotatable bonds is 2. The highest BCUT2D eigenvalue weighted by molar-refractivity contribution is 7.10. The van der Waals surface area contributed by atoms with E-state index in [1.165, 1.54) is 20.3 Å². The highest BCUT2D eigenvalue weighted by Gasteiger charge is 2.36. The summed E-state index contributed by atoms with van der Waals surface area (Å²) in [5, 5.41) is 9.65. The number of fused-ring (bicyclic) bond motifs is 1. The summed E-state index contributed by atoms with van der Waals surface area (Å²) in [5.41, 5.74) is 1.71. The van der Waals surface area contributed by atoms with E-state index in [1.807, 2.05) is 16.3 Å². The molecule has 2 aliphatic heterocycles. The average molecular weight is 359 g/mol. The normalized spacial score (nSPS) is 20.8. The SMILES string of the molecule is CN1N=C(C(=O)N2CCc3sccc3[C@H]2c2cccs2)CCC1=O. The maximum atomic E-state index is 13.1. The van der Waals surface area contributed by atoms with Crippen molar-refractivity contribution < 1.29 is 9.59 Å². The molecule has 0 saturated carbocycles. The van der Waals surface area contributed by atoms with Gasteiger partial charge in [-0.1, -0.05) is 6.07 Å². The van der Waals surface area contributed by atoms with E-state index in [-0.39, 0.29) is 17.9 Å². The van der Waals surface area contributed by atoms with Crippen molar-refractivity contribution in [3.05, 3.63) is 44.3 Å². The minimum Gasteiger partial charge on any atom is -0.325 e. The second kappa shape index (κ2) is 6.14. The summed E-state index contributed by atoms with van der Waals surface area (Å²) in [5.74, 6) is -0.0929. The highest BCUT2D eigenvalue weighted by Crippen LogP contribution is 2.39. The van der Waals surface area contributed by atoms with Gasteiger partial charge in [-0.05, 0) is 34.9 Å². The predicted molar refractivity (Wildman–Crippen MR) is 95.3 cm³/mol. The maximum Gasteiger partial charge on any atom is 0.270 e. The lowest BCUT2D eigenvalue weighted by atomic mass is 9.97. The zero-order valence-electron chi connectivity index (χ0n) is 13.3. The quantitative estimate of drug-likeness (QED) is 0.828. The van der Waals surface area contributed by atoms with Gasteiger partial charge in [-0.3, -0.25) is 9.59 Å². The fourth-order valence-corrected chi connectivity index (χ4v) is 5.04. The molecule has 2 amide bonds. The Balaban J connectivity index is 1.70. The summed E-state index contributed by atoms with van der Waals surface area (Å²) >= 11 is 3.43. The van der Waals surface area contributed by atoms with Gasteiger partial charge in [0.25, 0.3) is 5.91 Å². The minimum atomic E-state index is -0.0513. The molecule has 0 aliphatic carbocycles. The second-order valence-corrected chi connectivity index (χ2v) is 7.91. The monoisotopic (exact) mass is 359 g/mol. The second-order valence-electron chi connectivity index (χ2n) is 5.93. The molecule has 0 spiro atoms. The molecule has 2 aromatic rings. The van der Waals surface area contributed by atoms with Crippen LogP contribution in [0.25, 0.3) is 0 Å². The molecule has 24 heavy (non-hydrogen) atoms. The van der Waals surface area contributed by atoms with Gasteiger partial charge in [0.1, 0.15) is 5.71 Å². The molecule has 2 aliphatic rings. The fraction of sp³-hybridized carbons (Fsp3) is 0.353. The van der Waals surface area contributed by atoms with E-state index in [0.29, 0.717) is 25.1 Å². The Morgan fingerprint density at radius 1 is 1.21 bits per heavy atom. The molecule has 0 saturated heterocycles. The standard InChI is InChI=1S/C17H17N3O2S2/c1-19-15(21)5-4-12(18-19)17(22)20-8-6-13-11(7-10-24-13)16(20)14-3-2-9-23-14/h2-3,7,9-10,16H,4-6,8H2,1H3/t16-/m0/s1. The van der Waals surface area contributed by atoms with Crippen LogP contribution in [-0.4, -0.2) is 41.0 Å². The summed E-state index contributed by atoms with van der Waals surface area (Å²) in [6, 6.07) is 6.19. The first-order valence-corrected chi connectivity index (χ1v) is 9.66. The summed E-state index contributed by atoms with van der Waals surface area (Å²) in [6.45, 7) is 0.686. The van der Waals surface area contributed by atoms with Gasteiger partial charge in [0.05, 0.1) is 6.04 Å². The number of hydrogen-bond acceptors (Lipinski definition) is 5. The number of nitrogens with zero attached hydrogens (tertiary/aromatic N) is 3. The molecule has 4 heterocycles. The molecule has 124 valence electrons. The minimum absolute atomic E-state index is 0.0416. The van der Waals surface area contributed by atoms with Gasteiger partial charge in [-0.2, -0.15) is 5.10 Å². The number of carbonyl (C=O) groups is 2. The van der Waals surface area contributed by atoms with Gasteiger partial charge in [0.15, 0.2) is 0 Å². The largest absolute Gasteiger partial charge is 0.325 e. The topological polar surface area (TPSA) is 53.0 Å². The first-order valence-electron chi connectivity index (χ1n) is 7.90. The van der Waals surface area contributed by atoms with E-state index >= 15 is 0 Å². The fourth-order valence-electron chi connectivity index (χ4n) is 3.28. The lowest BCUT2D eigenvalue weighted by Gasteiger charge is -2.36. The van der Waals surface area contributed by atoms with Crippen molar-refractivity contribution in [1.82, 2.24) is 9.91 Å². The van der Waals surface area contributed by atoms with Gasteiger partial charge >= 0.3 is 0 Å². The predicted octanol–water partition coefficient (Wildman–Crippen LogP) is 2.89. The molecule has 0 unspecified atom stereocenters. The van der Waals surface area contributed by atoms with Gasteiger partial charge in [-0.25, -0.2) is 5.01 Å². The molecule has 0 aromatic carbocycles. The van der Waals surface area contributed by atoms with Gasteiger partial charge in [0.2, 0.25) is 5.91 Å². The number of hydrazone groups is 1. The molecule has 7 heteroatoms. The van der Waals surface area contributed by atoms with Gasteiger partial charge in [-0.15, -0.1) is 22.7 Å². The summed E-state index contributed by atoms with van der Waals surface area (Å²) < 4.78 is 0. The number of carbonyl (C=O) groups excluding carboxylic acids is 2. The number of hydrogen-bond donors (Lipinski definition) is 0. The van der Waals surface area contributed by atoms with Crippen LogP contribution >= 0.6 is 22.7 Å². The first-order chi connectivity index (χ1) is 11.6. The number of thiophene rings is 2. The van der Waals surface area contributed by atoms with E-state index in [4.69, 9.17) is 0 Å². The Hall–Kier alpha value is -1.99. The van der Waals surface area contributed by atoms with Crippen LogP contribution in [-0.2, 0) is 16.0 Å². The molecule has 1 atom stereocenters. The lowest BCUT2D eigenvalue weighted by Crippen LogP contribution is -2.45. The van der Waals surface area contributed by atoms with E-state index < -0.39 is 0 Å². The van der Waals surface area contributed by atoms with E-state index in [2.05, 4.69) is 22.6 Å². The van der Waals surface area contributed by atoms with Crippen molar-refractivity contribution in [1.29, 1.82) is 0 Å². The van der Waals surface area contributed by atoms with Gasteiger partial charge in [0, 0.05) is 36.2 Å². The summed E-state index contributed by atoms with van der Waals surface area (Å²) in [4.78, 5) is 29.2. The summed E-state index contributed by atoms with van der Waals surface area (Å²) in [6.07, 6.45) is 1.65. The molecule has 0 N–H and O–H groups in total. The Morgan fingerprint density at radius 3 is 2.83 bits per heavy atom. The van der Waals surface area contributed by atoms with Crippen molar-refractivity contribution in [2.45, 2.75) is 25.3 Å². The van der Waals surface area contributed by atoms with Crippen LogP contribution < -0.4 is 0 Å². The van der Waals surface area contributed by atoms with Crippen molar-refractivity contribution in [2.75, 3.05) is 13.6 Å². The molecule has 4 rings (SSSR count). The van der Waals surface area contributed by atoms with Crippen LogP contribution in [0.5, 0.6) is 0 Å². The van der Waals surface area contributed by atoms with Crippen molar-refractivity contribution >= 4 is 40.2 Å². The molecule has 0 radical (unpaired) electrons. The van der Waals surface area contributed by atoms with E-state index in [9.17, 15) is 9.59 Å². The van der Waals surface area contributed by atoms with Crippen LogP contribution in [0.15, 0.2) is 34.1 Å². The number of amides is 2. The Labute approximate surface area is 148 Å². The maximum absolute atomic E-state index is 13.1. The third kappa shape index (κ3) is 2.57. The first kappa shape index (κ1) is 15.5. The van der Waals surface area contributed by atoms with Crippen molar-refractivity contribution in [2.24, 2.45) is 5.10 Å².